The quantitative estimate of drug-likeness (QED) is 0.660. The Morgan fingerprint density at radius 1 is 1.14 bits per heavy atom. The Labute approximate surface area is 130 Å². The van der Waals surface area contributed by atoms with Crippen LogP contribution < -0.4 is 4.74 Å². The minimum absolute atomic E-state index is 0.367. The average molecular weight is 342 g/mol. The van der Waals surface area contributed by atoms with Crippen LogP contribution in [0.5, 0.6) is 5.75 Å². The molecule has 0 unspecified atom stereocenters. The van der Waals surface area contributed by atoms with Gasteiger partial charge in [-0.05, 0) is 38.8 Å². The molecule has 3 nitrogen and oxygen atoms in total. The summed E-state index contributed by atoms with van der Waals surface area (Å²) in [7, 11) is 0. The first-order valence-electron chi connectivity index (χ1n) is 6.47. The normalized spacial score (nSPS) is 10.5. The fourth-order valence-electron chi connectivity index (χ4n) is 2.22. The molecule has 0 atom stereocenters. The summed E-state index contributed by atoms with van der Waals surface area (Å²) in [5.74, 6) is 0.587. The van der Waals surface area contributed by atoms with Crippen molar-refractivity contribution in [2.75, 3.05) is 0 Å². The van der Waals surface area contributed by atoms with Gasteiger partial charge in [0.25, 0.3) is 0 Å². The van der Waals surface area contributed by atoms with Crippen LogP contribution in [0.25, 0.3) is 10.8 Å². The van der Waals surface area contributed by atoms with Gasteiger partial charge < -0.3 is 4.74 Å². The van der Waals surface area contributed by atoms with E-state index in [1.807, 2.05) is 42.5 Å². The van der Waals surface area contributed by atoms with E-state index in [-0.39, 0.29) is 0 Å². The van der Waals surface area contributed by atoms with Crippen LogP contribution in [0.15, 0.2) is 59.3 Å². The van der Waals surface area contributed by atoms with Crippen LogP contribution in [0.3, 0.4) is 0 Å². The van der Waals surface area contributed by atoms with E-state index in [0.717, 1.165) is 27.1 Å². The highest BCUT2D eigenvalue weighted by atomic mass is 79.9. The summed E-state index contributed by atoms with van der Waals surface area (Å²) in [6, 6.07) is 13.5. The molecule has 0 aliphatic rings. The number of fused-ring (bicyclic) bond motifs is 1. The van der Waals surface area contributed by atoms with Crippen molar-refractivity contribution in [2.24, 2.45) is 0 Å². The Balaban J connectivity index is 1.92. The van der Waals surface area contributed by atoms with Crippen LogP contribution >= 0.6 is 15.9 Å². The molecule has 1 heterocycles. The highest BCUT2D eigenvalue weighted by molar-refractivity contribution is 9.10. The van der Waals surface area contributed by atoms with E-state index >= 15 is 0 Å². The van der Waals surface area contributed by atoms with E-state index in [1.165, 1.54) is 0 Å². The minimum atomic E-state index is 0.367. The summed E-state index contributed by atoms with van der Waals surface area (Å²) < 4.78 is 6.69. The number of pyridine rings is 1. The van der Waals surface area contributed by atoms with Crippen molar-refractivity contribution in [1.82, 2.24) is 4.98 Å². The number of hydrogen-bond acceptors (Lipinski definition) is 3. The first kappa shape index (κ1) is 13.8. The summed E-state index contributed by atoms with van der Waals surface area (Å²) >= 11 is 3.37. The number of carbonyl (C=O) groups is 1. The van der Waals surface area contributed by atoms with Gasteiger partial charge in [0.2, 0.25) is 0 Å². The molecule has 0 fully saturated rings. The minimum Gasteiger partial charge on any atom is -0.488 e. The highest BCUT2D eigenvalue weighted by Gasteiger charge is 2.08. The van der Waals surface area contributed by atoms with Gasteiger partial charge in [0.15, 0.2) is 6.29 Å². The van der Waals surface area contributed by atoms with Gasteiger partial charge >= 0.3 is 0 Å². The molecule has 0 radical (unpaired) electrons. The topological polar surface area (TPSA) is 39.2 Å². The van der Waals surface area contributed by atoms with E-state index in [4.69, 9.17) is 4.74 Å². The maximum absolute atomic E-state index is 11.4. The zero-order valence-corrected chi connectivity index (χ0v) is 12.7. The van der Waals surface area contributed by atoms with Crippen LogP contribution in [0.2, 0.25) is 0 Å². The lowest BCUT2D eigenvalue weighted by atomic mass is 10.0. The molecular weight excluding hydrogens is 330 g/mol. The third-order valence-electron chi connectivity index (χ3n) is 3.20. The fourth-order valence-corrected chi connectivity index (χ4v) is 2.63. The zero-order chi connectivity index (χ0) is 14.7. The molecule has 3 rings (SSSR count). The maximum Gasteiger partial charge on any atom is 0.154 e. The van der Waals surface area contributed by atoms with Gasteiger partial charge in [0.1, 0.15) is 12.4 Å². The molecule has 1 aromatic heterocycles. The number of nitrogens with zero attached hydrogens (tertiary/aromatic N) is 1. The van der Waals surface area contributed by atoms with Gasteiger partial charge in [-0.3, -0.25) is 9.78 Å². The van der Waals surface area contributed by atoms with Crippen molar-refractivity contribution in [2.45, 2.75) is 6.61 Å². The van der Waals surface area contributed by atoms with E-state index in [0.29, 0.717) is 17.9 Å². The Morgan fingerprint density at radius 2 is 2.00 bits per heavy atom. The monoisotopic (exact) mass is 341 g/mol. The van der Waals surface area contributed by atoms with Gasteiger partial charge in [-0.1, -0.05) is 30.3 Å². The summed E-state index contributed by atoms with van der Waals surface area (Å²) in [5, 5.41) is 1.92. The van der Waals surface area contributed by atoms with Gasteiger partial charge in [0, 0.05) is 22.4 Å². The van der Waals surface area contributed by atoms with Crippen molar-refractivity contribution in [3.63, 3.8) is 0 Å². The van der Waals surface area contributed by atoms with Gasteiger partial charge in [-0.15, -0.1) is 0 Å². The molecule has 104 valence electrons. The van der Waals surface area contributed by atoms with Crippen LogP contribution in [0, 0.1) is 0 Å². The highest BCUT2D eigenvalue weighted by Crippen LogP contribution is 2.27. The molecule has 0 bridgehead atoms. The van der Waals surface area contributed by atoms with Crippen molar-refractivity contribution >= 4 is 33.0 Å². The first-order chi connectivity index (χ1) is 10.3. The number of aromatic nitrogens is 1. The molecule has 0 aliphatic heterocycles. The first-order valence-corrected chi connectivity index (χ1v) is 7.26. The number of benzene rings is 2. The molecule has 4 heteroatoms. The summed E-state index contributed by atoms with van der Waals surface area (Å²) in [6.07, 6.45) is 4.31. The second-order valence-electron chi connectivity index (χ2n) is 4.62. The summed E-state index contributed by atoms with van der Waals surface area (Å²) in [5.41, 5.74) is 1.52. The van der Waals surface area contributed by atoms with E-state index in [1.54, 1.807) is 12.4 Å². The maximum atomic E-state index is 11.4. The van der Waals surface area contributed by atoms with E-state index in [9.17, 15) is 4.79 Å². The average Bonchev–Trinajstić information content (AvgIpc) is 2.52. The fraction of sp³-hybridized carbons (Fsp3) is 0.0588. The second-order valence-corrected chi connectivity index (χ2v) is 5.53. The Hall–Kier alpha value is -2.20. The van der Waals surface area contributed by atoms with Crippen molar-refractivity contribution in [1.29, 1.82) is 0 Å². The zero-order valence-electron chi connectivity index (χ0n) is 11.1. The molecule has 0 saturated heterocycles. The Kier molecular flexibility index (Phi) is 3.97. The largest absolute Gasteiger partial charge is 0.488 e. The smallest absolute Gasteiger partial charge is 0.154 e. The summed E-state index contributed by atoms with van der Waals surface area (Å²) in [6.45, 7) is 0.367. The summed E-state index contributed by atoms with van der Waals surface area (Å²) in [4.78, 5) is 15.5. The Bertz CT molecular complexity index is 802. The molecular formula is C17H12BrNO2. The second kappa shape index (κ2) is 6.06. The number of rotatable bonds is 4. The predicted molar refractivity (Wildman–Crippen MR) is 85.6 cm³/mol. The van der Waals surface area contributed by atoms with Gasteiger partial charge in [0.05, 0.1) is 5.56 Å². The molecule has 0 spiro atoms. The van der Waals surface area contributed by atoms with Crippen LogP contribution in [0.4, 0.5) is 0 Å². The van der Waals surface area contributed by atoms with Crippen molar-refractivity contribution < 1.29 is 9.53 Å². The van der Waals surface area contributed by atoms with Crippen LogP contribution in [-0.4, -0.2) is 11.3 Å². The number of ether oxygens (including phenoxy) is 1. The Morgan fingerprint density at radius 3 is 2.81 bits per heavy atom. The standard InChI is InChI=1S/C17H12BrNO2/c18-14-7-12(8-19-9-14)11-21-17-6-5-13-3-1-2-4-15(13)16(17)10-20/h1-10H,11H2. The van der Waals surface area contributed by atoms with Crippen LogP contribution in [-0.2, 0) is 6.61 Å². The lowest BCUT2D eigenvalue weighted by Crippen LogP contribution is -1.99. The SMILES string of the molecule is O=Cc1c(OCc2cncc(Br)c2)ccc2ccccc12. The molecule has 3 aromatic rings. The lowest BCUT2D eigenvalue weighted by molar-refractivity contribution is 0.112. The molecule has 0 aliphatic carbocycles. The number of hydrogen-bond donors (Lipinski definition) is 0. The molecule has 2 aromatic carbocycles. The number of halogens is 1. The number of carbonyl (C=O) groups excluding carboxylic acids is 1. The van der Waals surface area contributed by atoms with Crippen LogP contribution in [0.1, 0.15) is 15.9 Å². The van der Waals surface area contributed by atoms with E-state index < -0.39 is 0 Å². The van der Waals surface area contributed by atoms with Crippen molar-refractivity contribution in [3.8, 4) is 5.75 Å². The molecule has 0 saturated carbocycles. The molecule has 0 N–H and O–H groups in total. The lowest BCUT2D eigenvalue weighted by Gasteiger charge is -2.10. The van der Waals surface area contributed by atoms with Gasteiger partial charge in [-0.25, -0.2) is 0 Å². The van der Waals surface area contributed by atoms with Gasteiger partial charge in [-0.2, -0.15) is 0 Å². The number of aldehydes is 1. The molecule has 0 amide bonds. The third kappa shape index (κ3) is 2.95. The third-order valence-corrected chi connectivity index (χ3v) is 3.64. The van der Waals surface area contributed by atoms with E-state index in [2.05, 4.69) is 20.9 Å². The molecule has 21 heavy (non-hydrogen) atoms. The van der Waals surface area contributed by atoms with Crippen molar-refractivity contribution in [3.05, 3.63) is 70.5 Å². The predicted octanol–water partition coefficient (Wildman–Crippen LogP) is 4.39.